The van der Waals surface area contributed by atoms with E-state index in [1.54, 1.807) is 0 Å². The Labute approximate surface area is 86.1 Å². The highest BCUT2D eigenvalue weighted by molar-refractivity contribution is 5.35. The zero-order valence-electron chi connectivity index (χ0n) is 8.96. The summed E-state index contributed by atoms with van der Waals surface area (Å²) in [5, 5.41) is 9.05. The van der Waals surface area contributed by atoms with E-state index in [2.05, 4.69) is 38.1 Å². The number of hydrogen-bond acceptors (Lipinski definition) is 1. The Hall–Kier alpha value is -1.03. The molecule has 3 atom stereocenters. The number of nitrogens with zero attached hydrogens (tertiary/aromatic N) is 1. The maximum atomic E-state index is 9.05. The summed E-state index contributed by atoms with van der Waals surface area (Å²) >= 11 is 0. The van der Waals surface area contributed by atoms with Crippen molar-refractivity contribution < 1.29 is 0 Å². The first-order valence-corrected chi connectivity index (χ1v) is 5.47. The summed E-state index contributed by atoms with van der Waals surface area (Å²) in [4.78, 5) is 0. The molecule has 0 amide bonds. The van der Waals surface area contributed by atoms with Crippen LogP contribution in [-0.2, 0) is 0 Å². The Morgan fingerprint density at radius 2 is 2.36 bits per heavy atom. The van der Waals surface area contributed by atoms with Crippen LogP contribution >= 0.6 is 0 Å². The Balaban J connectivity index is 2.42. The molecule has 0 radical (unpaired) electrons. The summed E-state index contributed by atoms with van der Waals surface area (Å²) in [7, 11) is 0. The standard InChI is InChI=1S/C13H17N/c1-10-11(9-14)6-7-12-5-3-4-8-13(10,12)2/h5-7,10-11H,3-4,8H2,1-2H3. The van der Waals surface area contributed by atoms with E-state index in [4.69, 9.17) is 5.26 Å². The molecule has 0 fully saturated rings. The van der Waals surface area contributed by atoms with Gasteiger partial charge >= 0.3 is 0 Å². The molecule has 0 saturated heterocycles. The van der Waals surface area contributed by atoms with Crippen LogP contribution in [0.3, 0.4) is 0 Å². The van der Waals surface area contributed by atoms with Gasteiger partial charge in [0.1, 0.15) is 0 Å². The second kappa shape index (κ2) is 3.28. The van der Waals surface area contributed by atoms with Gasteiger partial charge in [0.15, 0.2) is 0 Å². The van der Waals surface area contributed by atoms with E-state index in [9.17, 15) is 0 Å². The molecule has 0 aromatic carbocycles. The molecule has 14 heavy (non-hydrogen) atoms. The molecule has 1 nitrogen and oxygen atoms in total. The van der Waals surface area contributed by atoms with Gasteiger partial charge < -0.3 is 0 Å². The van der Waals surface area contributed by atoms with Crippen molar-refractivity contribution in [3.8, 4) is 6.07 Å². The highest BCUT2D eigenvalue weighted by Gasteiger charge is 2.40. The monoisotopic (exact) mass is 187 g/mol. The van der Waals surface area contributed by atoms with Crippen LogP contribution in [-0.4, -0.2) is 0 Å². The third-order valence-electron chi connectivity index (χ3n) is 4.10. The number of fused-ring (bicyclic) bond motifs is 1. The van der Waals surface area contributed by atoms with Crippen molar-refractivity contribution in [2.75, 3.05) is 0 Å². The zero-order chi connectivity index (χ0) is 10.2. The van der Waals surface area contributed by atoms with Gasteiger partial charge in [0.2, 0.25) is 0 Å². The van der Waals surface area contributed by atoms with Crippen LogP contribution in [0.2, 0.25) is 0 Å². The van der Waals surface area contributed by atoms with Crippen molar-refractivity contribution in [1.82, 2.24) is 0 Å². The minimum absolute atomic E-state index is 0.107. The van der Waals surface area contributed by atoms with Crippen LogP contribution in [0.25, 0.3) is 0 Å². The minimum atomic E-state index is 0.107. The maximum Gasteiger partial charge on any atom is 0.0700 e. The van der Waals surface area contributed by atoms with Gasteiger partial charge in [-0.2, -0.15) is 5.26 Å². The van der Waals surface area contributed by atoms with E-state index in [1.807, 2.05) is 0 Å². The first-order valence-electron chi connectivity index (χ1n) is 5.47. The lowest BCUT2D eigenvalue weighted by atomic mass is 9.60. The molecule has 3 unspecified atom stereocenters. The van der Waals surface area contributed by atoms with Crippen LogP contribution < -0.4 is 0 Å². The molecule has 0 spiro atoms. The van der Waals surface area contributed by atoms with Crippen molar-refractivity contribution in [2.45, 2.75) is 33.1 Å². The van der Waals surface area contributed by atoms with Crippen molar-refractivity contribution in [1.29, 1.82) is 5.26 Å². The first kappa shape index (κ1) is 9.52. The number of rotatable bonds is 0. The summed E-state index contributed by atoms with van der Waals surface area (Å²) in [6, 6.07) is 2.40. The quantitative estimate of drug-likeness (QED) is 0.570. The van der Waals surface area contributed by atoms with Crippen LogP contribution in [0.5, 0.6) is 0 Å². The molecule has 0 aromatic rings. The third-order valence-corrected chi connectivity index (χ3v) is 4.10. The summed E-state index contributed by atoms with van der Waals surface area (Å²) in [5.74, 6) is 0.569. The third kappa shape index (κ3) is 1.21. The Morgan fingerprint density at radius 3 is 3.07 bits per heavy atom. The van der Waals surface area contributed by atoms with E-state index in [-0.39, 0.29) is 11.3 Å². The highest BCUT2D eigenvalue weighted by Crippen LogP contribution is 2.49. The molecule has 0 aromatic heterocycles. The van der Waals surface area contributed by atoms with Crippen molar-refractivity contribution in [2.24, 2.45) is 17.3 Å². The lowest BCUT2D eigenvalue weighted by Crippen LogP contribution is -2.35. The molecule has 2 aliphatic carbocycles. The van der Waals surface area contributed by atoms with Gasteiger partial charge in [-0.25, -0.2) is 0 Å². The van der Waals surface area contributed by atoms with Crippen molar-refractivity contribution in [3.63, 3.8) is 0 Å². The Kier molecular flexibility index (Phi) is 2.23. The number of hydrogen-bond donors (Lipinski definition) is 0. The predicted octanol–water partition coefficient (Wildman–Crippen LogP) is 3.45. The summed E-state index contributed by atoms with van der Waals surface area (Å²) in [5.41, 5.74) is 1.72. The normalized spacial score (nSPS) is 41.1. The second-order valence-electron chi connectivity index (χ2n) is 4.77. The molecule has 74 valence electrons. The average Bonchev–Trinajstić information content (AvgIpc) is 2.20. The van der Waals surface area contributed by atoms with E-state index in [0.717, 1.165) is 0 Å². The molecule has 0 saturated carbocycles. The second-order valence-corrected chi connectivity index (χ2v) is 4.77. The van der Waals surface area contributed by atoms with Gasteiger partial charge in [-0.3, -0.25) is 0 Å². The van der Waals surface area contributed by atoms with Gasteiger partial charge in [-0.15, -0.1) is 0 Å². The number of allylic oxidation sites excluding steroid dienone is 4. The van der Waals surface area contributed by atoms with Crippen LogP contribution in [0.15, 0.2) is 23.8 Å². The fourth-order valence-electron chi connectivity index (χ4n) is 2.78. The molecule has 2 aliphatic rings. The van der Waals surface area contributed by atoms with E-state index >= 15 is 0 Å². The molecule has 1 heteroatoms. The Morgan fingerprint density at radius 1 is 1.57 bits per heavy atom. The van der Waals surface area contributed by atoms with Gasteiger partial charge in [0.25, 0.3) is 0 Å². The summed E-state index contributed by atoms with van der Waals surface area (Å²) in [6.45, 7) is 4.53. The predicted molar refractivity (Wildman–Crippen MR) is 57.4 cm³/mol. The van der Waals surface area contributed by atoms with E-state index in [1.165, 1.54) is 24.8 Å². The molecular formula is C13H17N. The number of nitriles is 1. The van der Waals surface area contributed by atoms with Crippen LogP contribution in [0, 0.1) is 28.6 Å². The van der Waals surface area contributed by atoms with Gasteiger partial charge in [-0.1, -0.05) is 32.1 Å². The lowest BCUT2D eigenvalue weighted by molar-refractivity contribution is 0.194. The van der Waals surface area contributed by atoms with Crippen molar-refractivity contribution in [3.05, 3.63) is 23.8 Å². The fraction of sp³-hybridized carbons (Fsp3) is 0.615. The molecule has 0 aliphatic heterocycles. The lowest BCUT2D eigenvalue weighted by Gasteiger charge is -2.43. The maximum absolute atomic E-state index is 9.05. The first-order chi connectivity index (χ1) is 6.68. The van der Waals surface area contributed by atoms with E-state index in [0.29, 0.717) is 5.92 Å². The molecule has 2 rings (SSSR count). The van der Waals surface area contributed by atoms with Crippen LogP contribution in [0.4, 0.5) is 0 Å². The Bertz CT molecular complexity index is 332. The molecule has 0 heterocycles. The largest absolute Gasteiger partial charge is 0.198 e. The smallest absolute Gasteiger partial charge is 0.0700 e. The van der Waals surface area contributed by atoms with Crippen LogP contribution in [0.1, 0.15) is 33.1 Å². The SMILES string of the molecule is CC1C(C#N)C=CC2=CCCCC21C. The summed E-state index contributed by atoms with van der Waals surface area (Å²) in [6.07, 6.45) is 10.3. The molecular weight excluding hydrogens is 170 g/mol. The summed E-state index contributed by atoms with van der Waals surface area (Å²) < 4.78 is 0. The van der Waals surface area contributed by atoms with Gasteiger partial charge in [0.05, 0.1) is 12.0 Å². The van der Waals surface area contributed by atoms with Gasteiger partial charge in [0, 0.05) is 0 Å². The van der Waals surface area contributed by atoms with E-state index < -0.39 is 0 Å². The minimum Gasteiger partial charge on any atom is -0.198 e. The zero-order valence-corrected chi connectivity index (χ0v) is 8.96. The topological polar surface area (TPSA) is 23.8 Å². The average molecular weight is 187 g/mol. The molecule has 0 N–H and O–H groups in total. The fourth-order valence-corrected chi connectivity index (χ4v) is 2.78. The molecule has 0 bridgehead atoms. The van der Waals surface area contributed by atoms with Crippen molar-refractivity contribution >= 4 is 0 Å². The highest BCUT2D eigenvalue weighted by atomic mass is 14.5. The van der Waals surface area contributed by atoms with Gasteiger partial charge in [-0.05, 0) is 36.2 Å².